The molecule has 0 aliphatic carbocycles. The highest BCUT2D eigenvalue weighted by Crippen LogP contribution is 2.31. The molecular formula is C22H30ClN5O4. The number of piperidine rings is 1. The predicted octanol–water partition coefficient (Wildman–Crippen LogP) is 1.31. The van der Waals surface area contributed by atoms with Gasteiger partial charge < -0.3 is 19.9 Å². The fraction of sp³-hybridized carbons (Fsp3) is 0.591. The second-order valence-electron chi connectivity index (χ2n) is 8.53. The molecule has 3 aliphatic rings. The summed E-state index contributed by atoms with van der Waals surface area (Å²) < 4.78 is 5.72. The normalized spacial score (nSPS) is 20.9. The van der Waals surface area contributed by atoms with E-state index >= 15 is 0 Å². The molecule has 0 bridgehead atoms. The number of amides is 4. The molecule has 1 aromatic carbocycles. The molecule has 174 valence electrons. The smallest absolute Gasteiger partial charge is 0.328 e. The number of nitrogens with zero attached hydrogens (tertiary/aromatic N) is 3. The van der Waals surface area contributed by atoms with E-state index in [0.717, 1.165) is 58.7 Å². The van der Waals surface area contributed by atoms with Crippen molar-refractivity contribution in [1.29, 1.82) is 0 Å². The summed E-state index contributed by atoms with van der Waals surface area (Å²) in [4.78, 5) is 41.9. The van der Waals surface area contributed by atoms with Crippen LogP contribution in [0.15, 0.2) is 18.2 Å². The topological polar surface area (TPSA) is 94.2 Å². The van der Waals surface area contributed by atoms with E-state index in [0.29, 0.717) is 22.4 Å². The first-order chi connectivity index (χ1) is 15.5. The number of piperazine rings is 1. The van der Waals surface area contributed by atoms with Gasteiger partial charge in [0.15, 0.2) is 6.61 Å². The van der Waals surface area contributed by atoms with Gasteiger partial charge in [-0.05, 0) is 30.9 Å². The van der Waals surface area contributed by atoms with Crippen LogP contribution in [-0.4, -0.2) is 86.6 Å². The van der Waals surface area contributed by atoms with Gasteiger partial charge in [0.2, 0.25) is 5.91 Å². The Labute approximate surface area is 193 Å². The molecule has 1 aromatic rings. The van der Waals surface area contributed by atoms with Crippen molar-refractivity contribution in [1.82, 2.24) is 20.4 Å². The van der Waals surface area contributed by atoms with Crippen LogP contribution < -0.4 is 20.3 Å². The highest BCUT2D eigenvalue weighted by molar-refractivity contribution is 6.34. The van der Waals surface area contributed by atoms with Crippen molar-refractivity contribution in [2.45, 2.75) is 19.3 Å². The number of hydrogen-bond acceptors (Lipinski definition) is 6. The van der Waals surface area contributed by atoms with Crippen LogP contribution in [-0.2, 0) is 9.59 Å². The molecule has 32 heavy (non-hydrogen) atoms. The van der Waals surface area contributed by atoms with E-state index in [2.05, 4.69) is 15.5 Å². The van der Waals surface area contributed by atoms with Crippen LogP contribution in [0.5, 0.6) is 5.75 Å². The molecule has 0 atom stereocenters. The average molecular weight is 464 g/mol. The van der Waals surface area contributed by atoms with Crippen LogP contribution in [0, 0.1) is 5.92 Å². The Kier molecular flexibility index (Phi) is 7.49. The van der Waals surface area contributed by atoms with Crippen LogP contribution in [0.2, 0.25) is 5.02 Å². The summed E-state index contributed by atoms with van der Waals surface area (Å²) in [7, 11) is 0. The standard InChI is InChI=1S/C22H30ClN5O4/c23-18-2-1-17(13-19(18)28-10-5-20(29)25-22(28)31)32-15-21(30)27-8-3-16(4-9-27)14-26-11-6-24-7-12-26/h1-2,13,16,24H,3-12,14-15H2,(H,25,29,31). The van der Waals surface area contributed by atoms with Crippen molar-refractivity contribution in [3.05, 3.63) is 23.2 Å². The van der Waals surface area contributed by atoms with Gasteiger partial charge in [-0.25, -0.2) is 4.79 Å². The monoisotopic (exact) mass is 463 g/mol. The lowest BCUT2D eigenvalue weighted by molar-refractivity contribution is -0.134. The maximum absolute atomic E-state index is 12.7. The highest BCUT2D eigenvalue weighted by Gasteiger charge is 2.27. The summed E-state index contributed by atoms with van der Waals surface area (Å²) in [6, 6.07) is 4.42. The zero-order valence-corrected chi connectivity index (χ0v) is 18.9. The minimum Gasteiger partial charge on any atom is -0.484 e. The number of urea groups is 1. The number of halogens is 1. The van der Waals surface area contributed by atoms with Crippen molar-refractivity contribution in [3.8, 4) is 5.75 Å². The number of anilines is 1. The number of likely N-dealkylation sites (tertiary alicyclic amines) is 1. The fourth-order valence-electron chi connectivity index (χ4n) is 4.44. The van der Waals surface area contributed by atoms with E-state index in [4.69, 9.17) is 16.3 Å². The molecule has 9 nitrogen and oxygen atoms in total. The Morgan fingerprint density at radius 1 is 1.09 bits per heavy atom. The molecule has 10 heteroatoms. The van der Waals surface area contributed by atoms with Gasteiger partial charge in [0, 0.05) is 64.8 Å². The lowest BCUT2D eigenvalue weighted by Gasteiger charge is -2.36. The summed E-state index contributed by atoms with van der Waals surface area (Å²) in [6.07, 6.45) is 2.24. The largest absolute Gasteiger partial charge is 0.484 e. The third-order valence-corrected chi connectivity index (χ3v) is 6.64. The van der Waals surface area contributed by atoms with E-state index in [9.17, 15) is 14.4 Å². The van der Waals surface area contributed by atoms with Gasteiger partial charge in [-0.1, -0.05) is 11.6 Å². The summed E-state index contributed by atoms with van der Waals surface area (Å²) in [5.74, 6) is 0.746. The van der Waals surface area contributed by atoms with Crippen molar-refractivity contribution >= 4 is 35.1 Å². The summed E-state index contributed by atoms with van der Waals surface area (Å²) in [6.45, 7) is 7.13. The second-order valence-corrected chi connectivity index (χ2v) is 8.94. The Hall–Kier alpha value is -2.36. The number of benzene rings is 1. The van der Waals surface area contributed by atoms with E-state index in [1.165, 1.54) is 4.90 Å². The van der Waals surface area contributed by atoms with Crippen molar-refractivity contribution in [3.63, 3.8) is 0 Å². The van der Waals surface area contributed by atoms with Gasteiger partial charge in [0.25, 0.3) is 5.91 Å². The Morgan fingerprint density at radius 3 is 2.56 bits per heavy atom. The van der Waals surface area contributed by atoms with Crippen LogP contribution in [0.3, 0.4) is 0 Å². The number of carbonyl (C=O) groups excluding carboxylic acids is 3. The molecule has 0 radical (unpaired) electrons. The maximum Gasteiger partial charge on any atom is 0.328 e. The maximum atomic E-state index is 12.7. The molecular weight excluding hydrogens is 434 g/mol. The second kappa shape index (κ2) is 10.5. The average Bonchev–Trinajstić information content (AvgIpc) is 2.80. The quantitative estimate of drug-likeness (QED) is 0.660. The lowest BCUT2D eigenvalue weighted by Crippen LogP contribution is -2.49. The predicted molar refractivity (Wildman–Crippen MR) is 121 cm³/mol. The summed E-state index contributed by atoms with van der Waals surface area (Å²) >= 11 is 6.25. The van der Waals surface area contributed by atoms with Gasteiger partial charge in [0.1, 0.15) is 5.75 Å². The summed E-state index contributed by atoms with van der Waals surface area (Å²) in [5.41, 5.74) is 0.454. The molecule has 3 saturated heterocycles. The molecule has 4 amide bonds. The molecule has 0 unspecified atom stereocenters. The van der Waals surface area contributed by atoms with E-state index in [1.807, 2.05) is 4.90 Å². The van der Waals surface area contributed by atoms with Gasteiger partial charge in [-0.15, -0.1) is 0 Å². The molecule has 2 N–H and O–H groups in total. The van der Waals surface area contributed by atoms with Gasteiger partial charge in [-0.2, -0.15) is 0 Å². The molecule has 0 spiro atoms. The number of hydrogen-bond donors (Lipinski definition) is 2. The molecule has 4 rings (SSSR count). The third kappa shape index (κ3) is 5.70. The van der Waals surface area contributed by atoms with E-state index < -0.39 is 6.03 Å². The van der Waals surface area contributed by atoms with E-state index in [-0.39, 0.29) is 31.4 Å². The fourth-order valence-corrected chi connectivity index (χ4v) is 4.66. The molecule has 0 aromatic heterocycles. The summed E-state index contributed by atoms with van der Waals surface area (Å²) in [5, 5.41) is 6.03. The minimum absolute atomic E-state index is 0.0385. The van der Waals surface area contributed by atoms with Gasteiger partial charge >= 0.3 is 6.03 Å². The Bertz CT molecular complexity index is 853. The number of carbonyl (C=O) groups is 3. The van der Waals surface area contributed by atoms with Crippen LogP contribution in [0.25, 0.3) is 0 Å². The van der Waals surface area contributed by atoms with Crippen LogP contribution in [0.4, 0.5) is 10.5 Å². The first-order valence-electron chi connectivity index (χ1n) is 11.2. The Morgan fingerprint density at radius 2 is 1.84 bits per heavy atom. The van der Waals surface area contributed by atoms with Crippen molar-refractivity contribution in [2.24, 2.45) is 5.92 Å². The van der Waals surface area contributed by atoms with E-state index in [1.54, 1.807) is 18.2 Å². The first-order valence-corrected chi connectivity index (χ1v) is 11.6. The number of imide groups is 1. The zero-order chi connectivity index (χ0) is 22.5. The van der Waals surface area contributed by atoms with Crippen LogP contribution >= 0.6 is 11.6 Å². The third-order valence-electron chi connectivity index (χ3n) is 6.32. The molecule has 0 saturated carbocycles. The van der Waals surface area contributed by atoms with Crippen molar-refractivity contribution < 1.29 is 19.1 Å². The van der Waals surface area contributed by atoms with Crippen LogP contribution in [0.1, 0.15) is 19.3 Å². The first kappa shape index (κ1) is 22.8. The molecule has 3 heterocycles. The number of nitrogens with one attached hydrogen (secondary N) is 2. The molecule has 3 fully saturated rings. The van der Waals surface area contributed by atoms with Crippen molar-refractivity contribution in [2.75, 3.05) is 63.9 Å². The SMILES string of the molecule is O=C1CCN(c2cc(OCC(=O)N3CCC(CN4CCNCC4)CC3)ccc2Cl)C(=O)N1. The number of ether oxygens (including phenoxy) is 1. The lowest BCUT2D eigenvalue weighted by atomic mass is 9.96. The van der Waals surface area contributed by atoms with Gasteiger partial charge in [0.05, 0.1) is 10.7 Å². The minimum atomic E-state index is -0.514. The highest BCUT2D eigenvalue weighted by atomic mass is 35.5. The zero-order valence-electron chi connectivity index (χ0n) is 18.1. The number of rotatable bonds is 6. The molecule has 3 aliphatic heterocycles. The van der Waals surface area contributed by atoms with Gasteiger partial charge in [-0.3, -0.25) is 19.8 Å². The Balaban J connectivity index is 1.26.